The highest BCUT2D eigenvalue weighted by molar-refractivity contribution is 6.31. The fraction of sp³-hybridized carbons (Fsp3) is 0.667. The molecule has 1 aromatic heterocycles. The zero-order valence-electron chi connectivity index (χ0n) is 7.65. The SMILES string of the molecule is [B]c1cnn(CC2CCOCC2)c1. The average molecular weight is 176 g/mol. The molecule has 68 valence electrons. The lowest BCUT2D eigenvalue weighted by molar-refractivity contribution is 0.0601. The molecule has 1 aromatic rings. The summed E-state index contributed by atoms with van der Waals surface area (Å²) < 4.78 is 7.21. The molecule has 1 fully saturated rings. The summed E-state index contributed by atoms with van der Waals surface area (Å²) in [7, 11) is 5.58. The normalized spacial score (nSPS) is 19.1. The van der Waals surface area contributed by atoms with E-state index in [4.69, 9.17) is 12.6 Å². The van der Waals surface area contributed by atoms with Gasteiger partial charge in [0.05, 0.1) is 0 Å². The van der Waals surface area contributed by atoms with Crippen LogP contribution in [0.15, 0.2) is 12.4 Å². The summed E-state index contributed by atoms with van der Waals surface area (Å²) >= 11 is 0. The summed E-state index contributed by atoms with van der Waals surface area (Å²) in [5, 5.41) is 4.16. The zero-order chi connectivity index (χ0) is 9.10. The van der Waals surface area contributed by atoms with Crippen molar-refractivity contribution in [1.29, 1.82) is 0 Å². The Morgan fingerprint density at radius 3 is 2.92 bits per heavy atom. The molecule has 1 aliphatic heterocycles. The molecule has 2 heterocycles. The van der Waals surface area contributed by atoms with Crippen molar-refractivity contribution >= 4 is 13.3 Å². The van der Waals surface area contributed by atoms with Gasteiger partial charge in [-0.2, -0.15) is 5.10 Å². The molecule has 1 aliphatic rings. The van der Waals surface area contributed by atoms with Crippen molar-refractivity contribution in [3.8, 4) is 0 Å². The molecule has 0 saturated carbocycles. The molecule has 0 aliphatic carbocycles. The number of aromatic nitrogens is 2. The Morgan fingerprint density at radius 2 is 2.31 bits per heavy atom. The summed E-state index contributed by atoms with van der Waals surface area (Å²) in [6.45, 7) is 2.75. The van der Waals surface area contributed by atoms with E-state index >= 15 is 0 Å². The van der Waals surface area contributed by atoms with Gasteiger partial charge in [0.25, 0.3) is 0 Å². The zero-order valence-corrected chi connectivity index (χ0v) is 7.65. The Kier molecular flexibility index (Phi) is 2.69. The van der Waals surface area contributed by atoms with Gasteiger partial charge in [-0.25, -0.2) is 0 Å². The first kappa shape index (κ1) is 8.82. The van der Waals surface area contributed by atoms with Gasteiger partial charge in [-0.3, -0.25) is 4.68 Å². The van der Waals surface area contributed by atoms with Gasteiger partial charge in [-0.1, -0.05) is 5.46 Å². The van der Waals surface area contributed by atoms with Gasteiger partial charge in [0.1, 0.15) is 7.85 Å². The molecule has 2 radical (unpaired) electrons. The molecule has 0 atom stereocenters. The van der Waals surface area contributed by atoms with E-state index in [-0.39, 0.29) is 0 Å². The highest BCUT2D eigenvalue weighted by Gasteiger charge is 2.14. The van der Waals surface area contributed by atoms with Gasteiger partial charge in [-0.15, -0.1) is 0 Å². The monoisotopic (exact) mass is 176 g/mol. The predicted octanol–water partition coefficient (Wildman–Crippen LogP) is 0.103. The van der Waals surface area contributed by atoms with Gasteiger partial charge >= 0.3 is 0 Å². The number of rotatable bonds is 2. The van der Waals surface area contributed by atoms with Crippen molar-refractivity contribution in [2.75, 3.05) is 13.2 Å². The van der Waals surface area contributed by atoms with Crippen LogP contribution >= 0.6 is 0 Å². The Labute approximate surface area is 79.5 Å². The van der Waals surface area contributed by atoms with Gasteiger partial charge in [0.15, 0.2) is 0 Å². The molecule has 2 rings (SSSR count). The van der Waals surface area contributed by atoms with Crippen molar-refractivity contribution in [2.45, 2.75) is 19.4 Å². The van der Waals surface area contributed by atoms with Crippen LogP contribution in [0.1, 0.15) is 12.8 Å². The third-order valence-electron chi connectivity index (χ3n) is 2.44. The molecule has 3 nitrogen and oxygen atoms in total. The van der Waals surface area contributed by atoms with E-state index in [1.54, 1.807) is 6.20 Å². The van der Waals surface area contributed by atoms with E-state index in [1.807, 2.05) is 10.9 Å². The number of hydrogen-bond donors (Lipinski definition) is 0. The number of nitrogens with zero attached hydrogens (tertiary/aromatic N) is 2. The van der Waals surface area contributed by atoms with Crippen molar-refractivity contribution in [3.63, 3.8) is 0 Å². The van der Waals surface area contributed by atoms with Crippen LogP contribution in [0.25, 0.3) is 0 Å². The highest BCUT2D eigenvalue weighted by Crippen LogP contribution is 2.15. The van der Waals surface area contributed by atoms with E-state index in [0.717, 1.165) is 38.1 Å². The lowest BCUT2D eigenvalue weighted by atomic mass is 10.00. The van der Waals surface area contributed by atoms with Crippen LogP contribution in [-0.2, 0) is 11.3 Å². The van der Waals surface area contributed by atoms with Crippen LogP contribution in [0.3, 0.4) is 0 Å². The van der Waals surface area contributed by atoms with E-state index in [2.05, 4.69) is 5.10 Å². The number of ether oxygens (including phenoxy) is 1. The van der Waals surface area contributed by atoms with E-state index in [0.29, 0.717) is 5.92 Å². The van der Waals surface area contributed by atoms with Gasteiger partial charge in [-0.05, 0) is 18.8 Å². The summed E-state index contributed by atoms with van der Waals surface area (Å²) in [6, 6.07) is 0. The summed E-state index contributed by atoms with van der Waals surface area (Å²) in [6.07, 6.45) is 5.86. The standard InChI is InChI=1S/C9H13BN2O/c10-9-5-11-12(7-9)6-8-1-3-13-4-2-8/h5,7-8H,1-4,6H2. The Morgan fingerprint density at radius 1 is 1.54 bits per heavy atom. The second kappa shape index (κ2) is 3.96. The lowest BCUT2D eigenvalue weighted by Crippen LogP contribution is -2.20. The minimum absolute atomic E-state index is 0.702. The fourth-order valence-corrected chi connectivity index (χ4v) is 1.67. The van der Waals surface area contributed by atoms with Crippen LogP contribution in [0.5, 0.6) is 0 Å². The Bertz CT molecular complexity index is 268. The van der Waals surface area contributed by atoms with Gasteiger partial charge in [0, 0.05) is 32.2 Å². The highest BCUT2D eigenvalue weighted by atomic mass is 16.5. The molecule has 0 amide bonds. The molecular formula is C9H13BN2O. The van der Waals surface area contributed by atoms with E-state index < -0.39 is 0 Å². The maximum atomic E-state index is 5.58. The first-order chi connectivity index (χ1) is 6.34. The molecule has 0 spiro atoms. The second-order valence-corrected chi connectivity index (χ2v) is 3.55. The molecule has 0 unspecified atom stereocenters. The van der Waals surface area contributed by atoms with Crippen molar-refractivity contribution in [3.05, 3.63) is 12.4 Å². The summed E-state index contributed by atoms with van der Waals surface area (Å²) in [5.41, 5.74) is 0.743. The van der Waals surface area contributed by atoms with Crippen LogP contribution in [0.4, 0.5) is 0 Å². The molecule has 13 heavy (non-hydrogen) atoms. The second-order valence-electron chi connectivity index (χ2n) is 3.55. The average Bonchev–Trinajstić information content (AvgIpc) is 2.53. The molecule has 0 N–H and O–H groups in total. The minimum Gasteiger partial charge on any atom is -0.381 e. The molecule has 0 aromatic carbocycles. The topological polar surface area (TPSA) is 27.1 Å². The van der Waals surface area contributed by atoms with Crippen molar-refractivity contribution in [1.82, 2.24) is 9.78 Å². The van der Waals surface area contributed by atoms with Crippen LogP contribution in [-0.4, -0.2) is 30.8 Å². The predicted molar refractivity (Wildman–Crippen MR) is 51.2 cm³/mol. The van der Waals surface area contributed by atoms with Crippen LogP contribution < -0.4 is 5.46 Å². The maximum absolute atomic E-state index is 5.58. The van der Waals surface area contributed by atoms with Gasteiger partial charge < -0.3 is 4.74 Å². The first-order valence-corrected chi connectivity index (χ1v) is 4.70. The molecule has 4 heteroatoms. The minimum atomic E-state index is 0.702. The van der Waals surface area contributed by atoms with Crippen LogP contribution in [0.2, 0.25) is 0 Å². The summed E-state index contributed by atoms with van der Waals surface area (Å²) in [5.74, 6) is 0.702. The first-order valence-electron chi connectivity index (χ1n) is 4.70. The van der Waals surface area contributed by atoms with Crippen molar-refractivity contribution < 1.29 is 4.74 Å². The molecule has 1 saturated heterocycles. The molecular weight excluding hydrogens is 163 g/mol. The fourth-order valence-electron chi connectivity index (χ4n) is 1.67. The molecule has 0 bridgehead atoms. The Hall–Kier alpha value is -0.765. The van der Waals surface area contributed by atoms with Crippen LogP contribution in [0, 0.1) is 5.92 Å². The third kappa shape index (κ3) is 2.34. The van der Waals surface area contributed by atoms with E-state index in [9.17, 15) is 0 Å². The quantitative estimate of drug-likeness (QED) is 0.597. The lowest BCUT2D eigenvalue weighted by Gasteiger charge is -2.21. The third-order valence-corrected chi connectivity index (χ3v) is 2.44. The number of hydrogen-bond acceptors (Lipinski definition) is 2. The largest absolute Gasteiger partial charge is 0.381 e. The smallest absolute Gasteiger partial charge is 0.118 e. The summed E-state index contributed by atoms with van der Waals surface area (Å²) in [4.78, 5) is 0. The Balaban J connectivity index is 1.89. The van der Waals surface area contributed by atoms with Gasteiger partial charge in [0.2, 0.25) is 0 Å². The van der Waals surface area contributed by atoms with Crippen molar-refractivity contribution in [2.24, 2.45) is 5.92 Å². The van der Waals surface area contributed by atoms with E-state index in [1.165, 1.54) is 0 Å². The maximum Gasteiger partial charge on any atom is 0.118 e.